The lowest BCUT2D eigenvalue weighted by atomic mass is 9.88. The Labute approximate surface area is 136 Å². The Balaban J connectivity index is 1.86. The quantitative estimate of drug-likeness (QED) is 0.872. The second-order valence-electron chi connectivity index (χ2n) is 5.31. The summed E-state index contributed by atoms with van der Waals surface area (Å²) in [5, 5.41) is 10.8. The third-order valence-corrected chi connectivity index (χ3v) is 5.58. The highest BCUT2D eigenvalue weighted by atomic mass is 32.2. The van der Waals surface area contributed by atoms with Crippen LogP contribution < -0.4 is 5.32 Å². The number of carbonyl (C=O) groups excluding carboxylic acids is 1. The number of hydrogen-bond acceptors (Lipinski definition) is 6. The molecule has 0 aromatic carbocycles. The zero-order valence-electron chi connectivity index (χ0n) is 12.2. The van der Waals surface area contributed by atoms with E-state index < -0.39 is 0 Å². The van der Waals surface area contributed by atoms with E-state index in [1.807, 2.05) is 16.1 Å². The molecule has 0 fully saturated rings. The van der Waals surface area contributed by atoms with E-state index in [2.05, 4.69) is 28.4 Å². The van der Waals surface area contributed by atoms with Crippen molar-refractivity contribution in [2.45, 2.75) is 37.4 Å². The van der Waals surface area contributed by atoms with Crippen LogP contribution in [0.25, 0.3) is 0 Å². The van der Waals surface area contributed by atoms with Gasteiger partial charge >= 0.3 is 0 Å². The van der Waals surface area contributed by atoms with Gasteiger partial charge in [0.25, 0.3) is 0 Å². The molecule has 2 aliphatic rings. The van der Waals surface area contributed by atoms with Crippen LogP contribution in [0.2, 0.25) is 0 Å². The Kier molecular flexibility index (Phi) is 3.54. The number of nitrogens with zero attached hydrogens (tertiary/aromatic N) is 3. The fourth-order valence-corrected chi connectivity index (χ4v) is 4.41. The fraction of sp³-hybridized carbons (Fsp3) is 0.400. The molecule has 0 saturated heterocycles. The van der Waals surface area contributed by atoms with Crippen LogP contribution >= 0.6 is 23.1 Å². The summed E-state index contributed by atoms with van der Waals surface area (Å²) in [5.41, 5.74) is 1.90. The van der Waals surface area contributed by atoms with Gasteiger partial charge < -0.3 is 5.32 Å². The van der Waals surface area contributed by atoms with Gasteiger partial charge in [-0.3, -0.25) is 4.79 Å². The number of nitrogens with one attached hydrogen (secondary N) is 1. The molecule has 0 bridgehead atoms. The van der Waals surface area contributed by atoms with Gasteiger partial charge in [0.15, 0.2) is 5.78 Å². The number of ketones is 1. The Bertz CT molecular complexity index is 748. The van der Waals surface area contributed by atoms with Gasteiger partial charge in [-0.15, -0.1) is 16.4 Å². The second-order valence-corrected chi connectivity index (χ2v) is 7.52. The first-order valence-corrected chi connectivity index (χ1v) is 9.30. The number of anilines is 1. The first-order chi connectivity index (χ1) is 10.8. The Morgan fingerprint density at radius 3 is 3.18 bits per heavy atom. The lowest BCUT2D eigenvalue weighted by molar-refractivity contribution is -0.116. The average molecular weight is 332 g/mol. The monoisotopic (exact) mass is 332 g/mol. The van der Waals surface area contributed by atoms with Gasteiger partial charge in [0, 0.05) is 22.6 Å². The van der Waals surface area contributed by atoms with E-state index in [9.17, 15) is 4.79 Å². The fourth-order valence-electron chi connectivity index (χ4n) is 3.04. The lowest BCUT2D eigenvalue weighted by Crippen LogP contribution is -2.31. The van der Waals surface area contributed by atoms with Gasteiger partial charge in [-0.2, -0.15) is 4.98 Å². The predicted octanol–water partition coefficient (Wildman–Crippen LogP) is 3.47. The Morgan fingerprint density at radius 2 is 2.41 bits per heavy atom. The van der Waals surface area contributed by atoms with Crippen LogP contribution in [-0.4, -0.2) is 26.3 Å². The van der Waals surface area contributed by atoms with E-state index in [-0.39, 0.29) is 11.8 Å². The minimum absolute atomic E-state index is 0.127. The number of thiophene rings is 1. The van der Waals surface area contributed by atoms with Gasteiger partial charge in [-0.05, 0) is 30.0 Å². The molecule has 0 saturated carbocycles. The average Bonchev–Trinajstić information content (AvgIpc) is 3.14. The maximum Gasteiger partial charge on any atom is 0.227 e. The summed E-state index contributed by atoms with van der Waals surface area (Å²) in [6.07, 6.45) is 2.45. The van der Waals surface area contributed by atoms with Crippen molar-refractivity contribution in [3.8, 4) is 0 Å². The molecule has 0 unspecified atom stereocenters. The van der Waals surface area contributed by atoms with E-state index >= 15 is 0 Å². The standard InChI is InChI=1S/C15H16N4OS2/c1-2-21-15-17-14-16-9-5-3-6-10(20)12(9)13(19(14)18-15)11-7-4-8-22-11/h4,7-8,13H,2-3,5-6H2,1H3,(H,16,17,18)/t13-/m1/s1. The number of aromatic nitrogens is 3. The van der Waals surface area contributed by atoms with Crippen molar-refractivity contribution in [1.82, 2.24) is 14.8 Å². The molecule has 1 aliphatic carbocycles. The zero-order chi connectivity index (χ0) is 15.1. The number of thioether (sulfide) groups is 1. The highest BCUT2D eigenvalue weighted by Gasteiger charge is 2.37. The maximum atomic E-state index is 12.5. The third-order valence-electron chi connectivity index (χ3n) is 3.93. The number of rotatable bonds is 3. The van der Waals surface area contributed by atoms with Crippen molar-refractivity contribution < 1.29 is 4.79 Å². The first kappa shape index (κ1) is 14.0. The molecular formula is C15H16N4OS2. The minimum atomic E-state index is -0.127. The number of hydrogen-bond donors (Lipinski definition) is 1. The molecular weight excluding hydrogens is 316 g/mol. The first-order valence-electron chi connectivity index (χ1n) is 7.44. The van der Waals surface area contributed by atoms with E-state index in [0.29, 0.717) is 6.42 Å². The Morgan fingerprint density at radius 1 is 1.50 bits per heavy atom. The van der Waals surface area contributed by atoms with Gasteiger partial charge in [0.1, 0.15) is 6.04 Å². The summed E-state index contributed by atoms with van der Waals surface area (Å²) < 4.78 is 1.88. The molecule has 4 rings (SSSR count). The van der Waals surface area contributed by atoms with Crippen LogP contribution in [0.15, 0.2) is 33.9 Å². The van der Waals surface area contributed by atoms with E-state index in [4.69, 9.17) is 0 Å². The van der Waals surface area contributed by atoms with Crippen LogP contribution in [0.4, 0.5) is 5.95 Å². The van der Waals surface area contributed by atoms with Crippen LogP contribution in [-0.2, 0) is 4.79 Å². The predicted molar refractivity (Wildman–Crippen MR) is 88.4 cm³/mol. The lowest BCUT2D eigenvalue weighted by Gasteiger charge is -2.31. The van der Waals surface area contributed by atoms with Crippen LogP contribution in [0, 0.1) is 0 Å². The summed E-state index contributed by atoms with van der Waals surface area (Å²) >= 11 is 3.28. The largest absolute Gasteiger partial charge is 0.328 e. The normalized spacial score (nSPS) is 20.6. The third kappa shape index (κ3) is 2.19. The summed E-state index contributed by atoms with van der Waals surface area (Å²) in [7, 11) is 0. The molecule has 1 aliphatic heterocycles. The van der Waals surface area contributed by atoms with Crippen molar-refractivity contribution >= 4 is 34.8 Å². The van der Waals surface area contributed by atoms with Gasteiger partial charge in [-0.1, -0.05) is 24.8 Å². The maximum absolute atomic E-state index is 12.5. The molecule has 22 heavy (non-hydrogen) atoms. The number of Topliss-reactive ketones (excluding diaryl/α,β-unsaturated/α-hetero) is 1. The smallest absolute Gasteiger partial charge is 0.227 e. The molecule has 0 amide bonds. The van der Waals surface area contributed by atoms with Crippen LogP contribution in [0.5, 0.6) is 0 Å². The van der Waals surface area contributed by atoms with Crippen molar-refractivity contribution in [3.05, 3.63) is 33.7 Å². The zero-order valence-corrected chi connectivity index (χ0v) is 13.8. The topological polar surface area (TPSA) is 59.8 Å². The molecule has 7 heteroatoms. The second kappa shape index (κ2) is 5.55. The van der Waals surface area contributed by atoms with Crippen LogP contribution in [0.3, 0.4) is 0 Å². The van der Waals surface area contributed by atoms with E-state index in [1.165, 1.54) is 0 Å². The summed E-state index contributed by atoms with van der Waals surface area (Å²) in [6, 6.07) is 3.97. The molecule has 2 aromatic heterocycles. The van der Waals surface area contributed by atoms with Crippen molar-refractivity contribution in [2.24, 2.45) is 0 Å². The number of carbonyl (C=O) groups is 1. The van der Waals surface area contributed by atoms with Crippen molar-refractivity contribution in [1.29, 1.82) is 0 Å². The van der Waals surface area contributed by atoms with Gasteiger partial charge in [0.2, 0.25) is 11.1 Å². The summed E-state index contributed by atoms with van der Waals surface area (Å²) in [5.74, 6) is 1.92. The molecule has 0 radical (unpaired) electrons. The molecule has 1 N–H and O–H groups in total. The molecule has 2 aromatic rings. The molecule has 5 nitrogen and oxygen atoms in total. The van der Waals surface area contributed by atoms with Gasteiger partial charge in [-0.25, -0.2) is 4.68 Å². The number of allylic oxidation sites excluding steroid dienone is 2. The highest BCUT2D eigenvalue weighted by molar-refractivity contribution is 7.99. The summed E-state index contributed by atoms with van der Waals surface area (Å²) in [4.78, 5) is 18.2. The summed E-state index contributed by atoms with van der Waals surface area (Å²) in [6.45, 7) is 2.08. The van der Waals surface area contributed by atoms with Crippen molar-refractivity contribution in [3.63, 3.8) is 0 Å². The van der Waals surface area contributed by atoms with Gasteiger partial charge in [0.05, 0.1) is 0 Å². The molecule has 0 spiro atoms. The minimum Gasteiger partial charge on any atom is -0.328 e. The molecule has 114 valence electrons. The SMILES string of the molecule is CCSc1nc2n(n1)[C@H](c1cccs1)C1=C(CCCC1=O)N2. The van der Waals surface area contributed by atoms with Crippen LogP contribution in [0.1, 0.15) is 37.1 Å². The molecule has 3 heterocycles. The number of fused-ring (bicyclic) bond motifs is 1. The van der Waals surface area contributed by atoms with E-state index in [1.54, 1.807) is 23.1 Å². The molecule has 1 atom stereocenters. The Hall–Kier alpha value is -1.60. The van der Waals surface area contributed by atoms with E-state index in [0.717, 1.165) is 45.8 Å². The highest BCUT2D eigenvalue weighted by Crippen LogP contribution is 2.41. The van der Waals surface area contributed by atoms with Crippen molar-refractivity contribution in [2.75, 3.05) is 11.1 Å².